The molecule has 0 fully saturated rings. The molecule has 0 bridgehead atoms. The highest BCUT2D eigenvalue weighted by Gasteiger charge is 2.13. The Balaban J connectivity index is 0.00000139. The van der Waals surface area contributed by atoms with Gasteiger partial charge in [-0.2, -0.15) is 5.11 Å². The number of hydrogen-bond donors (Lipinski definition) is 4. The third kappa shape index (κ3) is 6.09. The molecule has 0 radical (unpaired) electrons. The number of rotatable bonds is 8. The molecule has 2 rings (SSSR count). The smallest absolute Gasteiger partial charge is 0.328 e. The molecule has 1 aromatic carbocycles. The monoisotopic (exact) mass is 330 g/mol. The average molecular weight is 330 g/mol. The minimum absolute atomic E-state index is 0.328. The van der Waals surface area contributed by atoms with E-state index < -0.39 is 12.0 Å². The lowest BCUT2D eigenvalue weighted by Crippen LogP contribution is -2.18. The van der Waals surface area contributed by atoms with Gasteiger partial charge >= 0.3 is 5.97 Å². The Kier molecular flexibility index (Phi) is 8.62. The standard InChI is InChI=1S/C15H17N5O2.CH5N/c16-18-10-3-7-13(15(21)22)17-9-4-8-14-19-11-5-1-2-6-12(11)20-14;1-2/h1-2,4-6,8-9,13,16H,3,7,10H2,(H,19,20)(H,21,22);2H2,1H3/b8-4+,17-9?,18-16?;. The normalized spacial score (nSPS) is 12.2. The van der Waals surface area contributed by atoms with Crippen molar-refractivity contribution in [2.24, 2.45) is 15.8 Å². The van der Waals surface area contributed by atoms with Gasteiger partial charge in [0.05, 0.1) is 17.6 Å². The fourth-order valence-corrected chi connectivity index (χ4v) is 1.96. The molecule has 0 aliphatic heterocycles. The van der Waals surface area contributed by atoms with Crippen LogP contribution in [0.3, 0.4) is 0 Å². The van der Waals surface area contributed by atoms with E-state index in [1.165, 1.54) is 13.3 Å². The Hall–Kier alpha value is -2.87. The topological polar surface area (TPSA) is 141 Å². The summed E-state index contributed by atoms with van der Waals surface area (Å²) in [5.41, 5.74) is 13.0. The first-order valence-electron chi connectivity index (χ1n) is 7.49. The van der Waals surface area contributed by atoms with Crippen LogP contribution < -0.4 is 5.73 Å². The Morgan fingerprint density at radius 1 is 1.46 bits per heavy atom. The van der Waals surface area contributed by atoms with Crippen molar-refractivity contribution in [1.29, 1.82) is 5.53 Å². The van der Waals surface area contributed by atoms with Crippen LogP contribution in [-0.2, 0) is 4.79 Å². The van der Waals surface area contributed by atoms with Gasteiger partial charge in [0.25, 0.3) is 0 Å². The summed E-state index contributed by atoms with van der Waals surface area (Å²) in [6, 6.07) is 6.89. The molecule has 0 amide bonds. The number of aliphatic carboxylic acids is 1. The molecule has 0 aliphatic rings. The Morgan fingerprint density at radius 2 is 2.21 bits per heavy atom. The number of carboxylic acid groups (broad SMARTS) is 1. The number of aliphatic imine (C=N–C) groups is 1. The summed E-state index contributed by atoms with van der Waals surface area (Å²) < 4.78 is 0. The number of carbonyl (C=O) groups is 1. The van der Waals surface area contributed by atoms with Gasteiger partial charge in [0.15, 0.2) is 0 Å². The Bertz CT molecular complexity index is 674. The second-order valence-corrected chi connectivity index (χ2v) is 4.67. The van der Waals surface area contributed by atoms with E-state index >= 15 is 0 Å². The molecule has 24 heavy (non-hydrogen) atoms. The van der Waals surface area contributed by atoms with Gasteiger partial charge in [0.2, 0.25) is 0 Å². The van der Waals surface area contributed by atoms with E-state index in [4.69, 9.17) is 10.6 Å². The lowest BCUT2D eigenvalue weighted by Gasteiger charge is -2.04. The zero-order valence-corrected chi connectivity index (χ0v) is 13.5. The first-order valence-corrected chi connectivity index (χ1v) is 7.49. The van der Waals surface area contributed by atoms with Crippen LogP contribution in [0, 0.1) is 5.53 Å². The van der Waals surface area contributed by atoms with Crippen molar-refractivity contribution in [2.75, 3.05) is 13.6 Å². The van der Waals surface area contributed by atoms with Crippen LogP contribution in [0.1, 0.15) is 18.7 Å². The number of nitrogens with two attached hydrogens (primary N) is 1. The van der Waals surface area contributed by atoms with E-state index in [9.17, 15) is 4.79 Å². The lowest BCUT2D eigenvalue weighted by atomic mass is 10.1. The predicted molar refractivity (Wildman–Crippen MR) is 94.4 cm³/mol. The number of nitrogens with zero attached hydrogens (tertiary/aromatic N) is 3. The molecule has 0 saturated heterocycles. The van der Waals surface area contributed by atoms with Gasteiger partial charge in [-0.1, -0.05) is 12.1 Å². The Labute approximate surface area is 140 Å². The molecule has 8 heteroatoms. The highest BCUT2D eigenvalue weighted by molar-refractivity contribution is 5.83. The maximum absolute atomic E-state index is 11.0. The van der Waals surface area contributed by atoms with Crippen molar-refractivity contribution in [3.05, 3.63) is 36.2 Å². The fraction of sp³-hybridized carbons (Fsp3) is 0.312. The van der Waals surface area contributed by atoms with E-state index in [0.717, 1.165) is 11.0 Å². The van der Waals surface area contributed by atoms with Gasteiger partial charge < -0.3 is 15.8 Å². The highest BCUT2D eigenvalue weighted by Crippen LogP contribution is 2.10. The summed E-state index contributed by atoms with van der Waals surface area (Å²) in [5.74, 6) is -0.286. The number of aromatic nitrogens is 2. The van der Waals surface area contributed by atoms with Gasteiger partial charge in [-0.15, -0.1) is 0 Å². The Morgan fingerprint density at radius 3 is 2.88 bits per heavy atom. The molecule has 2 aromatic rings. The molecule has 1 unspecified atom stereocenters. The molecular formula is C16H22N6O2. The van der Waals surface area contributed by atoms with Crippen LogP contribution in [0.15, 0.2) is 40.4 Å². The molecule has 0 aliphatic carbocycles. The molecule has 0 saturated carbocycles. The summed E-state index contributed by atoms with van der Waals surface area (Å²) in [6.07, 6.45) is 5.76. The first kappa shape index (κ1) is 19.2. The molecule has 128 valence electrons. The van der Waals surface area contributed by atoms with Crippen molar-refractivity contribution in [2.45, 2.75) is 18.9 Å². The van der Waals surface area contributed by atoms with Gasteiger partial charge in [-0.05, 0) is 44.2 Å². The molecule has 1 aromatic heterocycles. The first-order chi connectivity index (χ1) is 11.7. The van der Waals surface area contributed by atoms with E-state index in [2.05, 4.69) is 25.8 Å². The predicted octanol–water partition coefficient (Wildman–Crippen LogP) is 2.49. The molecule has 0 spiro atoms. The van der Waals surface area contributed by atoms with Crippen LogP contribution >= 0.6 is 0 Å². The second-order valence-electron chi connectivity index (χ2n) is 4.67. The largest absolute Gasteiger partial charge is 0.480 e. The number of nitrogens with one attached hydrogen (secondary N) is 2. The lowest BCUT2D eigenvalue weighted by molar-refractivity contribution is -0.138. The van der Waals surface area contributed by atoms with Crippen molar-refractivity contribution in [3.63, 3.8) is 0 Å². The zero-order valence-electron chi connectivity index (χ0n) is 13.5. The SMILES string of the molecule is CN.N=NCCCC(N=C/C=C/c1nc2ccccc2[nH]1)C(=O)O. The van der Waals surface area contributed by atoms with Crippen LogP contribution in [0.2, 0.25) is 0 Å². The number of H-pyrrole nitrogens is 1. The molecule has 8 nitrogen and oxygen atoms in total. The number of para-hydroxylation sites is 2. The van der Waals surface area contributed by atoms with E-state index in [1.807, 2.05) is 24.3 Å². The van der Waals surface area contributed by atoms with Gasteiger partial charge in [-0.3, -0.25) is 4.99 Å². The van der Waals surface area contributed by atoms with Gasteiger partial charge in [0, 0.05) is 6.21 Å². The third-order valence-corrected chi connectivity index (χ3v) is 3.05. The van der Waals surface area contributed by atoms with Crippen molar-refractivity contribution in [1.82, 2.24) is 9.97 Å². The summed E-state index contributed by atoms with van der Waals surface area (Å²) >= 11 is 0. The number of allylic oxidation sites excluding steroid dienone is 1. The minimum Gasteiger partial charge on any atom is -0.480 e. The number of imidazole rings is 1. The zero-order chi connectivity index (χ0) is 17.8. The van der Waals surface area contributed by atoms with Crippen molar-refractivity contribution >= 4 is 29.3 Å². The minimum atomic E-state index is -0.974. The number of carboxylic acids is 1. The van der Waals surface area contributed by atoms with Crippen LogP contribution in [0.4, 0.5) is 0 Å². The summed E-state index contributed by atoms with van der Waals surface area (Å²) in [5, 5.41) is 12.3. The molecule has 1 atom stereocenters. The maximum atomic E-state index is 11.0. The fourth-order valence-electron chi connectivity index (χ4n) is 1.96. The maximum Gasteiger partial charge on any atom is 0.328 e. The number of fused-ring (bicyclic) bond motifs is 1. The van der Waals surface area contributed by atoms with E-state index in [-0.39, 0.29) is 0 Å². The van der Waals surface area contributed by atoms with E-state index in [0.29, 0.717) is 25.2 Å². The van der Waals surface area contributed by atoms with Crippen LogP contribution in [0.5, 0.6) is 0 Å². The van der Waals surface area contributed by atoms with Crippen molar-refractivity contribution in [3.8, 4) is 0 Å². The second kappa shape index (κ2) is 10.8. The van der Waals surface area contributed by atoms with Gasteiger partial charge in [0.1, 0.15) is 11.9 Å². The quantitative estimate of drug-likeness (QED) is 0.335. The number of hydrogen-bond acceptors (Lipinski definition) is 6. The average Bonchev–Trinajstić information content (AvgIpc) is 3.01. The number of benzene rings is 1. The summed E-state index contributed by atoms with van der Waals surface area (Å²) in [7, 11) is 1.50. The number of aromatic amines is 1. The molecular weight excluding hydrogens is 308 g/mol. The summed E-state index contributed by atoms with van der Waals surface area (Å²) in [4.78, 5) is 22.6. The van der Waals surface area contributed by atoms with Crippen LogP contribution in [-0.4, -0.2) is 46.9 Å². The van der Waals surface area contributed by atoms with E-state index in [1.54, 1.807) is 12.2 Å². The van der Waals surface area contributed by atoms with Crippen LogP contribution in [0.25, 0.3) is 17.1 Å². The molecule has 5 N–H and O–H groups in total. The summed E-state index contributed by atoms with van der Waals surface area (Å²) in [6.45, 7) is 0.328. The molecule has 1 heterocycles. The third-order valence-electron chi connectivity index (χ3n) is 3.05. The van der Waals surface area contributed by atoms with Crippen molar-refractivity contribution < 1.29 is 9.90 Å². The highest BCUT2D eigenvalue weighted by atomic mass is 16.4. The van der Waals surface area contributed by atoms with Gasteiger partial charge in [-0.25, -0.2) is 15.3 Å².